The Hall–Kier alpha value is -3.47. The Labute approximate surface area is 156 Å². The molecule has 0 bridgehead atoms. The van der Waals surface area contributed by atoms with Gasteiger partial charge in [-0.15, -0.1) is 0 Å². The van der Waals surface area contributed by atoms with Crippen molar-refractivity contribution in [3.05, 3.63) is 89.0 Å². The van der Waals surface area contributed by atoms with Crippen LogP contribution in [0.1, 0.15) is 18.5 Å². The van der Waals surface area contributed by atoms with Crippen molar-refractivity contribution in [1.29, 1.82) is 0 Å². The standard InChI is InChI=1S/C22H19N3O2/c1-15(17-11-10-16-6-2-3-7-18(16)12-17)24-21(26)13-25-14-23-20-9-5-4-8-19(20)22(25)27/h2-12,14-15H,13H2,1H3,(H,24,26). The first kappa shape index (κ1) is 17.0. The van der Waals surface area contributed by atoms with Crippen molar-refractivity contribution in [3.63, 3.8) is 0 Å². The molecule has 0 saturated carbocycles. The van der Waals surface area contributed by atoms with Crippen LogP contribution in [-0.2, 0) is 11.3 Å². The Balaban J connectivity index is 1.51. The summed E-state index contributed by atoms with van der Waals surface area (Å²) in [6.45, 7) is 1.87. The third-order valence-electron chi connectivity index (χ3n) is 4.70. The van der Waals surface area contributed by atoms with Crippen molar-refractivity contribution in [1.82, 2.24) is 14.9 Å². The largest absolute Gasteiger partial charge is 0.348 e. The van der Waals surface area contributed by atoms with Crippen LogP contribution in [0.4, 0.5) is 0 Å². The Morgan fingerprint density at radius 3 is 2.63 bits per heavy atom. The van der Waals surface area contributed by atoms with Gasteiger partial charge < -0.3 is 5.32 Å². The number of amides is 1. The molecule has 0 saturated heterocycles. The first-order valence-corrected chi connectivity index (χ1v) is 8.84. The van der Waals surface area contributed by atoms with Crippen LogP contribution >= 0.6 is 0 Å². The lowest BCUT2D eigenvalue weighted by molar-refractivity contribution is -0.122. The minimum atomic E-state index is -0.227. The maximum absolute atomic E-state index is 12.5. The molecule has 5 heteroatoms. The molecule has 5 nitrogen and oxygen atoms in total. The molecular formula is C22H19N3O2. The molecule has 0 aliphatic heterocycles. The summed E-state index contributed by atoms with van der Waals surface area (Å²) in [5.41, 5.74) is 1.43. The molecule has 3 aromatic carbocycles. The van der Waals surface area contributed by atoms with E-state index < -0.39 is 0 Å². The number of para-hydroxylation sites is 1. The van der Waals surface area contributed by atoms with E-state index in [-0.39, 0.29) is 24.1 Å². The Kier molecular flexibility index (Phi) is 4.42. The lowest BCUT2D eigenvalue weighted by Crippen LogP contribution is -2.33. The van der Waals surface area contributed by atoms with Gasteiger partial charge in [0.2, 0.25) is 5.91 Å². The minimum Gasteiger partial charge on any atom is -0.348 e. The number of hydrogen-bond donors (Lipinski definition) is 1. The van der Waals surface area contributed by atoms with Gasteiger partial charge in [-0.05, 0) is 41.5 Å². The summed E-state index contributed by atoms with van der Waals surface area (Å²) in [5.74, 6) is -0.227. The zero-order valence-electron chi connectivity index (χ0n) is 14.9. The van der Waals surface area contributed by atoms with E-state index >= 15 is 0 Å². The van der Waals surface area contributed by atoms with Crippen LogP contribution in [0.15, 0.2) is 77.9 Å². The summed E-state index contributed by atoms with van der Waals surface area (Å²) >= 11 is 0. The summed E-state index contributed by atoms with van der Waals surface area (Å²) < 4.78 is 1.34. The molecule has 134 valence electrons. The van der Waals surface area contributed by atoms with E-state index in [1.54, 1.807) is 18.2 Å². The summed E-state index contributed by atoms with van der Waals surface area (Å²) in [4.78, 5) is 29.2. The molecular weight excluding hydrogens is 338 g/mol. The number of carbonyl (C=O) groups is 1. The number of fused-ring (bicyclic) bond motifs is 2. The van der Waals surface area contributed by atoms with Gasteiger partial charge >= 0.3 is 0 Å². The second kappa shape index (κ2) is 7.03. The molecule has 0 fully saturated rings. The van der Waals surface area contributed by atoms with Gasteiger partial charge in [0, 0.05) is 0 Å². The molecule has 0 aliphatic carbocycles. The summed E-state index contributed by atoms with van der Waals surface area (Å²) in [7, 11) is 0. The van der Waals surface area contributed by atoms with Gasteiger partial charge in [-0.25, -0.2) is 4.98 Å². The summed E-state index contributed by atoms with van der Waals surface area (Å²) in [5, 5.41) is 5.76. The van der Waals surface area contributed by atoms with E-state index in [0.717, 1.165) is 16.3 Å². The zero-order chi connectivity index (χ0) is 18.8. The van der Waals surface area contributed by atoms with Crippen molar-refractivity contribution in [3.8, 4) is 0 Å². The van der Waals surface area contributed by atoms with Gasteiger partial charge in [-0.1, -0.05) is 48.5 Å². The molecule has 1 heterocycles. The van der Waals surface area contributed by atoms with Crippen molar-refractivity contribution < 1.29 is 4.79 Å². The highest BCUT2D eigenvalue weighted by atomic mass is 16.2. The normalized spacial score (nSPS) is 12.2. The summed E-state index contributed by atoms with van der Waals surface area (Å²) in [6.07, 6.45) is 1.42. The highest BCUT2D eigenvalue weighted by molar-refractivity contribution is 5.83. The fourth-order valence-electron chi connectivity index (χ4n) is 3.22. The lowest BCUT2D eigenvalue weighted by Gasteiger charge is -2.16. The number of rotatable bonds is 4. The van der Waals surface area contributed by atoms with Crippen LogP contribution in [0, 0.1) is 0 Å². The number of benzene rings is 3. The topological polar surface area (TPSA) is 64.0 Å². The van der Waals surface area contributed by atoms with Crippen LogP contribution in [0.25, 0.3) is 21.7 Å². The fraction of sp³-hybridized carbons (Fsp3) is 0.136. The van der Waals surface area contributed by atoms with Gasteiger partial charge in [-0.2, -0.15) is 0 Å². The second-order valence-corrected chi connectivity index (χ2v) is 6.59. The van der Waals surface area contributed by atoms with E-state index in [2.05, 4.69) is 22.4 Å². The van der Waals surface area contributed by atoms with Gasteiger partial charge in [-0.3, -0.25) is 14.2 Å². The number of hydrogen-bond acceptors (Lipinski definition) is 3. The maximum Gasteiger partial charge on any atom is 0.261 e. The molecule has 4 aromatic rings. The Bertz CT molecular complexity index is 1200. The smallest absolute Gasteiger partial charge is 0.261 e. The van der Waals surface area contributed by atoms with E-state index in [0.29, 0.717) is 10.9 Å². The third-order valence-corrected chi connectivity index (χ3v) is 4.70. The fourth-order valence-corrected chi connectivity index (χ4v) is 3.22. The number of carbonyl (C=O) groups excluding carboxylic acids is 1. The second-order valence-electron chi connectivity index (χ2n) is 6.59. The molecule has 1 amide bonds. The average molecular weight is 357 g/mol. The van der Waals surface area contributed by atoms with Crippen molar-refractivity contribution in [2.45, 2.75) is 19.5 Å². The van der Waals surface area contributed by atoms with Gasteiger partial charge in [0.1, 0.15) is 6.54 Å². The summed E-state index contributed by atoms with van der Waals surface area (Å²) in [6, 6.07) is 21.2. The number of aromatic nitrogens is 2. The quantitative estimate of drug-likeness (QED) is 0.609. The van der Waals surface area contributed by atoms with Crippen LogP contribution in [0.2, 0.25) is 0 Å². The predicted molar refractivity (Wildman–Crippen MR) is 107 cm³/mol. The Morgan fingerprint density at radius 1 is 1.04 bits per heavy atom. The molecule has 1 unspecified atom stereocenters. The third kappa shape index (κ3) is 3.44. The van der Waals surface area contributed by atoms with Gasteiger partial charge in [0.05, 0.1) is 23.3 Å². The van der Waals surface area contributed by atoms with Crippen LogP contribution in [0.5, 0.6) is 0 Å². The molecule has 1 N–H and O–H groups in total. The van der Waals surface area contributed by atoms with E-state index in [1.807, 2.05) is 43.3 Å². The molecule has 4 rings (SSSR count). The van der Waals surface area contributed by atoms with Crippen molar-refractivity contribution in [2.24, 2.45) is 0 Å². The zero-order valence-corrected chi connectivity index (χ0v) is 14.9. The van der Waals surface area contributed by atoms with Crippen LogP contribution < -0.4 is 10.9 Å². The van der Waals surface area contributed by atoms with Crippen molar-refractivity contribution >= 4 is 27.6 Å². The number of nitrogens with one attached hydrogen (secondary N) is 1. The highest BCUT2D eigenvalue weighted by Crippen LogP contribution is 2.20. The van der Waals surface area contributed by atoms with Crippen molar-refractivity contribution in [2.75, 3.05) is 0 Å². The van der Waals surface area contributed by atoms with Crippen LogP contribution in [0.3, 0.4) is 0 Å². The first-order chi connectivity index (χ1) is 13.1. The monoisotopic (exact) mass is 357 g/mol. The van der Waals surface area contributed by atoms with Crippen LogP contribution in [-0.4, -0.2) is 15.5 Å². The molecule has 27 heavy (non-hydrogen) atoms. The molecule has 1 atom stereocenters. The van der Waals surface area contributed by atoms with E-state index in [1.165, 1.54) is 10.9 Å². The van der Waals surface area contributed by atoms with Gasteiger partial charge in [0.25, 0.3) is 5.56 Å². The molecule has 0 aliphatic rings. The SMILES string of the molecule is CC(NC(=O)Cn1cnc2ccccc2c1=O)c1ccc2ccccc2c1. The highest BCUT2D eigenvalue weighted by Gasteiger charge is 2.12. The molecule has 1 aromatic heterocycles. The lowest BCUT2D eigenvalue weighted by atomic mass is 10.0. The maximum atomic E-state index is 12.5. The molecule has 0 spiro atoms. The first-order valence-electron chi connectivity index (χ1n) is 8.84. The van der Waals surface area contributed by atoms with E-state index in [4.69, 9.17) is 0 Å². The predicted octanol–water partition coefficient (Wildman–Crippen LogP) is 3.43. The Morgan fingerprint density at radius 2 is 1.78 bits per heavy atom. The average Bonchev–Trinajstić information content (AvgIpc) is 2.70. The van der Waals surface area contributed by atoms with Gasteiger partial charge in [0.15, 0.2) is 0 Å². The molecule has 0 radical (unpaired) electrons. The number of nitrogens with zero attached hydrogens (tertiary/aromatic N) is 2. The minimum absolute atomic E-state index is 0.0609. The van der Waals surface area contributed by atoms with E-state index in [9.17, 15) is 9.59 Å².